The van der Waals surface area contributed by atoms with E-state index in [1.165, 1.54) is 4.31 Å². The highest BCUT2D eigenvalue weighted by Crippen LogP contribution is 2.23. The van der Waals surface area contributed by atoms with Crippen molar-refractivity contribution in [3.63, 3.8) is 0 Å². The van der Waals surface area contributed by atoms with Crippen LogP contribution in [0.5, 0.6) is 0 Å². The van der Waals surface area contributed by atoms with Crippen LogP contribution in [-0.2, 0) is 10.2 Å². The lowest BCUT2D eigenvalue weighted by atomic mass is 10.2. The zero-order valence-electron chi connectivity index (χ0n) is 15.7. The van der Waals surface area contributed by atoms with Gasteiger partial charge in [-0.25, -0.2) is 0 Å². The minimum Gasteiger partial charge on any atom is -0.335 e. The fourth-order valence-electron chi connectivity index (χ4n) is 3.46. The lowest BCUT2D eigenvalue weighted by Crippen LogP contribution is -2.57. The van der Waals surface area contributed by atoms with E-state index >= 15 is 0 Å². The number of hydrogen-bond acceptors (Lipinski definition) is 6. The smallest absolute Gasteiger partial charge is 0.282 e. The van der Waals surface area contributed by atoms with E-state index in [-0.39, 0.29) is 5.91 Å². The highest BCUT2D eigenvalue weighted by molar-refractivity contribution is 7.86. The van der Waals surface area contributed by atoms with Gasteiger partial charge in [0.2, 0.25) is 0 Å². The first-order chi connectivity index (χ1) is 13.4. The molecule has 28 heavy (non-hydrogen) atoms. The third kappa shape index (κ3) is 3.85. The van der Waals surface area contributed by atoms with Crippen molar-refractivity contribution in [2.75, 3.05) is 59.4 Å². The highest BCUT2D eigenvalue weighted by Gasteiger charge is 2.35. The van der Waals surface area contributed by atoms with E-state index in [1.54, 1.807) is 26.6 Å². The van der Waals surface area contributed by atoms with Crippen molar-refractivity contribution in [3.05, 3.63) is 29.3 Å². The van der Waals surface area contributed by atoms with Crippen LogP contribution < -0.4 is 0 Å². The predicted octanol–water partition coefficient (Wildman–Crippen LogP) is 0.388. The highest BCUT2D eigenvalue weighted by atomic mass is 32.2. The van der Waals surface area contributed by atoms with E-state index in [2.05, 4.69) is 15.1 Å². The van der Waals surface area contributed by atoms with Crippen molar-refractivity contribution in [1.29, 1.82) is 0 Å². The maximum atomic E-state index is 12.8. The Morgan fingerprint density at radius 2 is 1.71 bits per heavy atom. The summed E-state index contributed by atoms with van der Waals surface area (Å²) in [5.41, 5.74) is 1.17. The third-order valence-electron chi connectivity index (χ3n) is 5.22. The van der Waals surface area contributed by atoms with Gasteiger partial charge in [0.25, 0.3) is 16.1 Å². The standard InChI is InChI=1S/C17H24N6O3S2/c1-20-4-8-22(9-5-20)28(25,26)23-10-6-21(7-11-23)17(24)15-13-14(18-19-15)16-3-2-12-27-16/h2-3,12-13H,4-11H2,1H3,(H,18,19). The first-order valence-corrected chi connectivity index (χ1v) is 11.5. The Morgan fingerprint density at radius 1 is 1.07 bits per heavy atom. The zero-order valence-corrected chi connectivity index (χ0v) is 17.4. The molecule has 0 aromatic carbocycles. The van der Waals surface area contributed by atoms with Gasteiger partial charge < -0.3 is 9.80 Å². The monoisotopic (exact) mass is 424 g/mol. The number of carbonyl (C=O) groups excluding carboxylic acids is 1. The molecule has 2 aromatic rings. The molecule has 2 aliphatic heterocycles. The number of nitrogens with zero attached hydrogens (tertiary/aromatic N) is 5. The molecular formula is C17H24N6O3S2. The summed E-state index contributed by atoms with van der Waals surface area (Å²) in [6.45, 7) is 3.85. The van der Waals surface area contributed by atoms with Gasteiger partial charge >= 0.3 is 0 Å². The Bertz CT molecular complexity index is 911. The quantitative estimate of drug-likeness (QED) is 0.766. The number of hydrogen-bond donors (Lipinski definition) is 1. The Morgan fingerprint density at radius 3 is 2.32 bits per heavy atom. The molecule has 4 heterocycles. The van der Waals surface area contributed by atoms with Crippen LogP contribution in [0, 0.1) is 0 Å². The fraction of sp³-hybridized carbons (Fsp3) is 0.529. The van der Waals surface area contributed by atoms with E-state index in [4.69, 9.17) is 0 Å². The Balaban J connectivity index is 1.37. The van der Waals surface area contributed by atoms with E-state index in [0.29, 0.717) is 45.0 Å². The van der Waals surface area contributed by atoms with Gasteiger partial charge in [0, 0.05) is 52.4 Å². The van der Waals surface area contributed by atoms with Crippen molar-refractivity contribution in [1.82, 2.24) is 28.6 Å². The number of aromatic amines is 1. The van der Waals surface area contributed by atoms with Crippen LogP contribution in [0.3, 0.4) is 0 Å². The number of carbonyl (C=O) groups is 1. The topological polar surface area (TPSA) is 92.9 Å². The number of piperazine rings is 2. The number of amides is 1. The van der Waals surface area contributed by atoms with Crippen molar-refractivity contribution >= 4 is 27.5 Å². The second-order valence-corrected chi connectivity index (χ2v) is 9.92. The average Bonchev–Trinajstić information content (AvgIpc) is 3.39. The summed E-state index contributed by atoms with van der Waals surface area (Å²) >= 11 is 1.58. The van der Waals surface area contributed by atoms with Gasteiger partial charge in [0.05, 0.1) is 10.6 Å². The second-order valence-electron chi connectivity index (χ2n) is 7.05. The minimum atomic E-state index is -3.47. The summed E-state index contributed by atoms with van der Waals surface area (Å²) in [5.74, 6) is -0.171. The van der Waals surface area contributed by atoms with Crippen molar-refractivity contribution in [3.8, 4) is 10.6 Å². The van der Waals surface area contributed by atoms with Crippen molar-refractivity contribution in [2.45, 2.75) is 0 Å². The molecule has 0 saturated carbocycles. The number of likely N-dealkylation sites (N-methyl/N-ethyl adjacent to an activating group) is 1. The number of rotatable bonds is 4. The van der Waals surface area contributed by atoms with Gasteiger partial charge in [-0.2, -0.15) is 22.1 Å². The molecule has 2 aliphatic rings. The lowest BCUT2D eigenvalue weighted by molar-refractivity contribution is 0.0686. The molecule has 0 unspecified atom stereocenters. The summed E-state index contributed by atoms with van der Waals surface area (Å²) in [5, 5.41) is 9.01. The number of nitrogens with one attached hydrogen (secondary N) is 1. The lowest BCUT2D eigenvalue weighted by Gasteiger charge is -2.38. The molecule has 2 fully saturated rings. The molecule has 0 spiro atoms. The van der Waals surface area contributed by atoms with Gasteiger partial charge in [-0.3, -0.25) is 9.89 Å². The van der Waals surface area contributed by atoms with E-state index in [1.807, 2.05) is 24.6 Å². The molecule has 0 aliphatic carbocycles. The predicted molar refractivity (Wildman–Crippen MR) is 107 cm³/mol. The largest absolute Gasteiger partial charge is 0.335 e. The van der Waals surface area contributed by atoms with Crippen molar-refractivity contribution < 1.29 is 13.2 Å². The molecule has 11 heteroatoms. The first-order valence-electron chi connectivity index (χ1n) is 9.27. The molecule has 0 atom stereocenters. The second kappa shape index (κ2) is 7.91. The van der Waals surface area contributed by atoms with Crippen LogP contribution in [0.2, 0.25) is 0 Å². The number of aromatic nitrogens is 2. The maximum absolute atomic E-state index is 12.8. The fourth-order valence-corrected chi connectivity index (χ4v) is 5.72. The number of thiophene rings is 1. The summed E-state index contributed by atoms with van der Waals surface area (Å²) in [6.07, 6.45) is 0. The Kier molecular flexibility index (Phi) is 5.52. The third-order valence-corrected chi connectivity index (χ3v) is 8.16. The molecular weight excluding hydrogens is 400 g/mol. The zero-order chi connectivity index (χ0) is 19.7. The summed E-state index contributed by atoms with van der Waals surface area (Å²) in [4.78, 5) is 17.6. The van der Waals surface area contributed by atoms with Crippen molar-refractivity contribution in [2.24, 2.45) is 0 Å². The minimum absolute atomic E-state index is 0.171. The van der Waals surface area contributed by atoms with Crippen LogP contribution in [0.1, 0.15) is 10.5 Å². The van der Waals surface area contributed by atoms with Gasteiger partial charge in [-0.15, -0.1) is 11.3 Å². The van der Waals surface area contributed by atoms with E-state index in [0.717, 1.165) is 23.7 Å². The molecule has 1 N–H and O–H groups in total. The van der Waals surface area contributed by atoms with E-state index in [9.17, 15) is 13.2 Å². The number of H-pyrrole nitrogens is 1. The molecule has 2 aromatic heterocycles. The summed E-state index contributed by atoms with van der Waals surface area (Å²) in [6, 6.07) is 5.66. The average molecular weight is 425 g/mol. The molecule has 1 amide bonds. The molecule has 2 saturated heterocycles. The van der Waals surface area contributed by atoms with Crippen LogP contribution in [-0.4, -0.2) is 102 Å². The van der Waals surface area contributed by atoms with Crippen LogP contribution in [0.15, 0.2) is 23.6 Å². The van der Waals surface area contributed by atoms with Crippen LogP contribution >= 0.6 is 11.3 Å². The van der Waals surface area contributed by atoms with Gasteiger partial charge in [0.1, 0.15) is 0 Å². The normalized spacial score (nSPS) is 20.5. The molecule has 0 radical (unpaired) electrons. The van der Waals surface area contributed by atoms with Crippen LogP contribution in [0.4, 0.5) is 0 Å². The first kappa shape index (κ1) is 19.5. The Hall–Kier alpha value is -1.79. The maximum Gasteiger partial charge on any atom is 0.282 e. The molecule has 152 valence electrons. The summed E-state index contributed by atoms with van der Waals surface area (Å²) in [7, 11) is -1.47. The molecule has 9 nitrogen and oxygen atoms in total. The van der Waals surface area contributed by atoms with Gasteiger partial charge in [-0.05, 0) is 24.6 Å². The SMILES string of the molecule is CN1CCN(S(=O)(=O)N2CCN(C(=O)c3cc(-c4cccs4)[nH]n3)CC2)CC1. The van der Waals surface area contributed by atoms with E-state index < -0.39 is 10.2 Å². The van der Waals surface area contributed by atoms with Gasteiger partial charge in [0.15, 0.2) is 5.69 Å². The van der Waals surface area contributed by atoms with Crippen LogP contribution in [0.25, 0.3) is 10.6 Å². The summed E-state index contributed by atoms with van der Waals surface area (Å²) < 4.78 is 28.7. The van der Waals surface area contributed by atoms with Gasteiger partial charge in [-0.1, -0.05) is 6.07 Å². The molecule has 0 bridgehead atoms. The molecule has 4 rings (SSSR count). The Labute approximate surface area is 168 Å².